The molecule has 2 saturated heterocycles. The summed E-state index contributed by atoms with van der Waals surface area (Å²) in [5, 5.41) is 15.9. The van der Waals surface area contributed by atoms with Crippen molar-refractivity contribution in [2.24, 2.45) is 12.5 Å². The first-order valence-corrected chi connectivity index (χ1v) is 11.3. The van der Waals surface area contributed by atoms with Crippen LogP contribution in [0.4, 0.5) is 5.82 Å². The summed E-state index contributed by atoms with van der Waals surface area (Å²) in [7, 11) is 2.03. The van der Waals surface area contributed by atoms with Gasteiger partial charge in [0.1, 0.15) is 11.2 Å². The number of ether oxygens (including phenoxy) is 1. The van der Waals surface area contributed by atoms with Crippen LogP contribution in [0.5, 0.6) is 0 Å². The molecule has 1 atom stereocenters. The number of hydrogen-bond acceptors (Lipinski definition) is 6. The molecule has 0 aliphatic carbocycles. The minimum atomic E-state index is -0.152. The number of rotatable bonds is 3. The maximum Gasteiger partial charge on any atom is 0.182 e. The van der Waals surface area contributed by atoms with E-state index in [0.717, 1.165) is 66.9 Å². The summed E-state index contributed by atoms with van der Waals surface area (Å²) in [4.78, 5) is 12.0. The molecule has 166 valence electrons. The highest BCUT2D eigenvalue weighted by atomic mass is 16.5. The van der Waals surface area contributed by atoms with Gasteiger partial charge in [0.25, 0.3) is 0 Å². The van der Waals surface area contributed by atoms with Gasteiger partial charge in [-0.1, -0.05) is 6.07 Å². The molecular weight excluding hydrogens is 404 g/mol. The second-order valence-corrected chi connectivity index (χ2v) is 9.37. The van der Waals surface area contributed by atoms with Crippen LogP contribution in [0.2, 0.25) is 0 Å². The zero-order chi connectivity index (χ0) is 21.9. The lowest BCUT2D eigenvalue weighted by Crippen LogP contribution is -2.41. The van der Waals surface area contributed by atoms with Crippen LogP contribution in [0.25, 0.3) is 27.8 Å². The number of aryl methyl sites for hydroxylation is 1. The summed E-state index contributed by atoms with van der Waals surface area (Å²) in [6.07, 6.45) is 7.46. The van der Waals surface area contributed by atoms with Gasteiger partial charge in [-0.3, -0.25) is 0 Å². The smallest absolute Gasteiger partial charge is 0.182 e. The summed E-state index contributed by atoms with van der Waals surface area (Å²) < 4.78 is 9.79. The van der Waals surface area contributed by atoms with Crippen molar-refractivity contribution in [2.45, 2.75) is 38.9 Å². The van der Waals surface area contributed by atoms with E-state index in [9.17, 15) is 5.11 Å². The second-order valence-electron chi connectivity index (χ2n) is 9.37. The largest absolute Gasteiger partial charge is 0.390 e. The highest BCUT2D eigenvalue weighted by Gasteiger charge is 2.41. The number of piperidine rings is 1. The lowest BCUT2D eigenvalue weighted by molar-refractivity contribution is 0.0975. The Morgan fingerprint density at radius 3 is 2.78 bits per heavy atom. The van der Waals surface area contributed by atoms with Crippen LogP contribution >= 0.6 is 0 Å². The van der Waals surface area contributed by atoms with Crippen molar-refractivity contribution >= 4 is 27.9 Å². The molecule has 2 aliphatic heterocycles. The molecule has 8 nitrogen and oxygen atoms in total. The zero-order valence-corrected chi connectivity index (χ0v) is 18.5. The number of hydrogen-bond donors (Lipinski definition) is 1. The highest BCUT2D eigenvalue weighted by Crippen LogP contribution is 2.42. The van der Waals surface area contributed by atoms with Crippen molar-refractivity contribution in [1.82, 2.24) is 24.3 Å². The third kappa shape index (κ3) is 3.01. The Labute approximate surface area is 186 Å². The first-order chi connectivity index (χ1) is 15.6. The van der Waals surface area contributed by atoms with E-state index in [1.54, 1.807) is 6.20 Å². The summed E-state index contributed by atoms with van der Waals surface area (Å²) in [5.74, 6) is 0.777. The zero-order valence-electron chi connectivity index (χ0n) is 18.5. The van der Waals surface area contributed by atoms with Gasteiger partial charge in [-0.2, -0.15) is 5.10 Å². The van der Waals surface area contributed by atoms with Crippen LogP contribution in [0.3, 0.4) is 0 Å². The molecule has 0 saturated carbocycles. The van der Waals surface area contributed by atoms with Gasteiger partial charge < -0.3 is 19.3 Å². The quantitative estimate of drug-likeness (QED) is 0.536. The third-order valence-electron chi connectivity index (χ3n) is 7.25. The van der Waals surface area contributed by atoms with E-state index < -0.39 is 0 Å². The molecular formula is C24H28N6O2. The van der Waals surface area contributed by atoms with Gasteiger partial charge in [-0.05, 0) is 49.8 Å². The summed E-state index contributed by atoms with van der Waals surface area (Å²) in [6.45, 7) is 4.68. The van der Waals surface area contributed by atoms with E-state index in [-0.39, 0.29) is 6.61 Å². The standard InChI is InChI=1S/C24H28N6O2/c1-16-12-24(15-32-16)7-10-29(11-8-24)22-19(14-31)27-23-18(26-22)13-25-30(23)21-5-3-4-20-17(21)6-9-28(20)2/h3-6,9,13,16,31H,7-8,10-12,14-15H2,1-2H3/t16-/m0/s1. The Bertz CT molecular complexity index is 1300. The molecule has 2 fully saturated rings. The molecule has 0 unspecified atom stereocenters. The van der Waals surface area contributed by atoms with Gasteiger partial charge in [0.15, 0.2) is 11.5 Å². The van der Waals surface area contributed by atoms with E-state index >= 15 is 0 Å². The molecule has 3 aromatic heterocycles. The van der Waals surface area contributed by atoms with Gasteiger partial charge in [0.05, 0.1) is 31.2 Å². The predicted octanol–water partition coefficient (Wildman–Crippen LogP) is 3.19. The molecule has 4 aromatic rings. The van der Waals surface area contributed by atoms with Crippen LogP contribution in [0, 0.1) is 5.41 Å². The number of benzene rings is 1. The average Bonchev–Trinajstić information content (AvgIpc) is 3.50. The number of anilines is 1. The van der Waals surface area contributed by atoms with Crippen molar-refractivity contribution in [3.8, 4) is 5.69 Å². The van der Waals surface area contributed by atoms with E-state index in [1.165, 1.54) is 0 Å². The Hall–Kier alpha value is -2.97. The maximum absolute atomic E-state index is 10.1. The average molecular weight is 433 g/mol. The van der Waals surface area contributed by atoms with Crippen LogP contribution in [-0.4, -0.2) is 55.2 Å². The van der Waals surface area contributed by atoms with Crippen LogP contribution < -0.4 is 4.90 Å². The Morgan fingerprint density at radius 2 is 2.03 bits per heavy atom. The van der Waals surface area contributed by atoms with Gasteiger partial charge in [0, 0.05) is 37.2 Å². The summed E-state index contributed by atoms with van der Waals surface area (Å²) >= 11 is 0. The molecule has 6 rings (SSSR count). The highest BCUT2D eigenvalue weighted by molar-refractivity contribution is 5.90. The topological polar surface area (TPSA) is 81.2 Å². The first-order valence-electron chi connectivity index (χ1n) is 11.3. The fourth-order valence-corrected chi connectivity index (χ4v) is 5.47. The second kappa shape index (κ2) is 7.28. The number of aliphatic hydroxyl groups is 1. The molecule has 0 bridgehead atoms. The molecule has 5 heterocycles. The summed E-state index contributed by atoms with van der Waals surface area (Å²) in [5.41, 5.74) is 4.40. The minimum Gasteiger partial charge on any atom is -0.390 e. The Kier molecular flexibility index (Phi) is 4.48. The third-order valence-corrected chi connectivity index (χ3v) is 7.25. The Balaban J connectivity index is 1.37. The van der Waals surface area contributed by atoms with Gasteiger partial charge in [-0.25, -0.2) is 14.6 Å². The maximum atomic E-state index is 10.1. The number of fused-ring (bicyclic) bond motifs is 2. The van der Waals surface area contributed by atoms with Gasteiger partial charge in [0.2, 0.25) is 0 Å². The number of nitrogens with zero attached hydrogens (tertiary/aromatic N) is 6. The SMILES string of the molecule is C[C@H]1CC2(CCN(c3nc4cnn(-c5cccc6c5ccn6C)c4nc3CO)CC2)CO1. The van der Waals surface area contributed by atoms with Gasteiger partial charge in [-0.15, -0.1) is 0 Å². The van der Waals surface area contributed by atoms with Crippen molar-refractivity contribution in [2.75, 3.05) is 24.6 Å². The van der Waals surface area contributed by atoms with Crippen LogP contribution in [0.1, 0.15) is 31.9 Å². The van der Waals surface area contributed by atoms with E-state index in [0.29, 0.717) is 22.9 Å². The predicted molar refractivity (Wildman–Crippen MR) is 123 cm³/mol. The van der Waals surface area contributed by atoms with Crippen LogP contribution in [-0.2, 0) is 18.4 Å². The molecule has 1 aromatic carbocycles. The molecule has 8 heteroatoms. The lowest BCUT2D eigenvalue weighted by atomic mass is 9.77. The monoisotopic (exact) mass is 432 g/mol. The Morgan fingerprint density at radius 1 is 1.19 bits per heavy atom. The number of aliphatic hydroxyl groups excluding tert-OH is 1. The van der Waals surface area contributed by atoms with E-state index in [4.69, 9.17) is 14.7 Å². The normalized spacial score (nSPS) is 20.7. The van der Waals surface area contributed by atoms with Crippen molar-refractivity contribution < 1.29 is 9.84 Å². The molecule has 1 N–H and O–H groups in total. The van der Waals surface area contributed by atoms with E-state index in [2.05, 4.69) is 33.6 Å². The van der Waals surface area contributed by atoms with Crippen LogP contribution in [0.15, 0.2) is 36.7 Å². The van der Waals surface area contributed by atoms with E-state index in [1.807, 2.05) is 30.1 Å². The van der Waals surface area contributed by atoms with Gasteiger partial charge >= 0.3 is 0 Å². The number of aromatic nitrogens is 5. The summed E-state index contributed by atoms with van der Waals surface area (Å²) in [6, 6.07) is 8.24. The van der Waals surface area contributed by atoms with Crippen molar-refractivity contribution in [1.29, 1.82) is 0 Å². The fourth-order valence-electron chi connectivity index (χ4n) is 5.47. The lowest BCUT2D eigenvalue weighted by Gasteiger charge is -2.39. The first kappa shape index (κ1) is 19.7. The minimum absolute atomic E-state index is 0.152. The molecule has 32 heavy (non-hydrogen) atoms. The fraction of sp³-hybridized carbons (Fsp3) is 0.458. The molecule has 0 amide bonds. The molecule has 2 aliphatic rings. The molecule has 1 spiro atoms. The van der Waals surface area contributed by atoms with Crippen molar-refractivity contribution in [3.05, 3.63) is 42.4 Å². The van der Waals surface area contributed by atoms with Crippen molar-refractivity contribution in [3.63, 3.8) is 0 Å². The molecule has 0 radical (unpaired) electrons.